The fourth-order valence-electron chi connectivity index (χ4n) is 2.81. The molecule has 2 rings (SSSR count). The third-order valence-corrected chi connectivity index (χ3v) is 5.62. The predicted octanol–water partition coefficient (Wildman–Crippen LogP) is 6.91. The van der Waals surface area contributed by atoms with Gasteiger partial charge in [-0.1, -0.05) is 69.2 Å². The molecule has 1 radical (unpaired) electrons. The van der Waals surface area contributed by atoms with Crippen molar-refractivity contribution in [2.75, 3.05) is 0 Å². The van der Waals surface area contributed by atoms with Crippen LogP contribution in [0.1, 0.15) is 55.6 Å². The summed E-state index contributed by atoms with van der Waals surface area (Å²) in [5.74, 6) is 0. The topological polar surface area (TPSA) is 0 Å². The van der Waals surface area contributed by atoms with Crippen LogP contribution in [0.3, 0.4) is 0 Å². The second-order valence-electron chi connectivity index (χ2n) is 6.25. The van der Waals surface area contributed by atoms with Gasteiger partial charge < -0.3 is 11.6 Å². The van der Waals surface area contributed by atoms with Crippen LogP contribution in [0.2, 0.25) is 0 Å². The first-order chi connectivity index (χ1) is 10.1. The Balaban J connectivity index is 0. The molecule has 0 spiro atoms. The van der Waals surface area contributed by atoms with Gasteiger partial charge in [-0.3, -0.25) is 6.38 Å². The predicted molar refractivity (Wildman–Crippen MR) is 103 cm³/mol. The summed E-state index contributed by atoms with van der Waals surface area (Å²) in [6, 6.07) is 0. The van der Waals surface area contributed by atoms with Crippen LogP contribution in [0.4, 0.5) is 0 Å². The van der Waals surface area contributed by atoms with Gasteiger partial charge in [-0.2, -0.15) is 55.6 Å². The Morgan fingerprint density at radius 3 is 0.696 bits per heavy atom. The van der Waals surface area contributed by atoms with E-state index in [1.807, 2.05) is 0 Å². The molecule has 2 aromatic rings. The van der Waals surface area contributed by atoms with E-state index in [0.29, 0.717) is 0 Å². The summed E-state index contributed by atoms with van der Waals surface area (Å²) in [5.41, 5.74) is 14.7. The van der Waals surface area contributed by atoms with Crippen molar-refractivity contribution in [1.82, 2.24) is 0 Å². The Kier molecular flexibility index (Phi) is 11.4. The van der Waals surface area contributed by atoms with Crippen LogP contribution in [0.15, 0.2) is 0 Å². The van der Waals surface area contributed by atoms with Crippen LogP contribution in [0.25, 0.3) is 0 Å². The normalized spacial score (nSPS) is 9.39. The molecule has 0 saturated heterocycles. The molecule has 0 amide bonds. The summed E-state index contributed by atoms with van der Waals surface area (Å²) in [4.78, 5) is 0. The molecule has 2 heteroatoms. The van der Waals surface area contributed by atoms with Gasteiger partial charge in [0.25, 0.3) is 0 Å². The van der Waals surface area contributed by atoms with Crippen LogP contribution < -0.4 is 0 Å². The van der Waals surface area contributed by atoms with E-state index in [9.17, 15) is 0 Å². The van der Waals surface area contributed by atoms with E-state index in [1.54, 1.807) is 0 Å². The van der Waals surface area contributed by atoms with Crippen molar-refractivity contribution in [3.8, 4) is 0 Å². The minimum atomic E-state index is 0. The Bertz CT molecular complexity index is 410. The van der Waals surface area contributed by atoms with E-state index in [0.717, 1.165) is 0 Å². The van der Waals surface area contributed by atoms with Crippen molar-refractivity contribution in [3.05, 3.63) is 62.0 Å². The minimum Gasteiger partial charge on any atom is -0.352 e. The summed E-state index contributed by atoms with van der Waals surface area (Å²) in [7, 11) is 0. The molecule has 0 nitrogen and oxygen atoms in total. The Morgan fingerprint density at radius 2 is 0.652 bits per heavy atom. The summed E-state index contributed by atoms with van der Waals surface area (Å²) in [5, 5.41) is 0. The molecule has 0 fully saturated rings. The molecular weight excluding hydrogens is 336 g/mol. The molecule has 0 aliphatic rings. The monoisotopic (exact) mass is 367 g/mol. The van der Waals surface area contributed by atoms with E-state index in [-0.39, 0.29) is 21.7 Å². The molecular formula is C21H32ClTi. The van der Waals surface area contributed by atoms with E-state index in [4.69, 9.17) is 0 Å². The van der Waals surface area contributed by atoms with Gasteiger partial charge in [0.2, 0.25) is 0 Å². The van der Waals surface area contributed by atoms with Crippen LogP contribution in [-0.4, -0.2) is 0 Å². The standard InChI is InChI=1S/2C10H15.CH2Cl.Ti/c2*1-6-7(2)9(4)10(5)8(6)3;1-2;/h2*1-5H3;1H2;/q3*-1;+3. The summed E-state index contributed by atoms with van der Waals surface area (Å²) in [6.45, 7) is 22.0. The largest absolute Gasteiger partial charge is 3.00 e. The molecule has 0 aromatic heterocycles. The molecule has 127 valence electrons. The average molecular weight is 368 g/mol. The molecule has 0 heterocycles. The van der Waals surface area contributed by atoms with Gasteiger partial charge in [-0.05, 0) is 0 Å². The van der Waals surface area contributed by atoms with Gasteiger partial charge in [0.05, 0.1) is 0 Å². The molecule has 0 N–H and O–H groups in total. The van der Waals surface area contributed by atoms with Crippen LogP contribution in [0.5, 0.6) is 0 Å². The Labute approximate surface area is 164 Å². The molecule has 2 aromatic carbocycles. The molecule has 0 atom stereocenters. The van der Waals surface area contributed by atoms with Crippen molar-refractivity contribution in [3.63, 3.8) is 0 Å². The number of hydrogen-bond donors (Lipinski definition) is 0. The van der Waals surface area contributed by atoms with Gasteiger partial charge in [0.1, 0.15) is 0 Å². The molecule has 23 heavy (non-hydrogen) atoms. The van der Waals surface area contributed by atoms with Gasteiger partial charge in [-0.15, -0.1) is 0 Å². The Hall–Kier alpha value is -0.296. The molecule has 0 saturated carbocycles. The molecule has 0 aliphatic heterocycles. The zero-order valence-corrected chi connectivity index (χ0v) is 18.9. The summed E-state index contributed by atoms with van der Waals surface area (Å²) in [6.07, 6.45) is 2.72. The van der Waals surface area contributed by atoms with E-state index in [2.05, 4.69) is 87.2 Å². The van der Waals surface area contributed by atoms with E-state index >= 15 is 0 Å². The van der Waals surface area contributed by atoms with Crippen molar-refractivity contribution < 1.29 is 21.7 Å². The average Bonchev–Trinajstić information content (AvgIpc) is 2.81. The van der Waals surface area contributed by atoms with Crippen LogP contribution in [-0.2, 0) is 21.7 Å². The van der Waals surface area contributed by atoms with Crippen molar-refractivity contribution in [2.24, 2.45) is 0 Å². The second-order valence-corrected chi connectivity index (χ2v) is 6.25. The SMILES string of the molecule is Cc1c(C)c(C)[c-](C)c1C.Cc1c(C)c(C)[c-](C)c1C.[CH2-]Cl.[Ti+3]. The van der Waals surface area contributed by atoms with Crippen LogP contribution >= 0.6 is 11.6 Å². The maximum Gasteiger partial charge on any atom is 3.00 e. The van der Waals surface area contributed by atoms with Crippen molar-refractivity contribution in [2.45, 2.75) is 69.2 Å². The molecule has 0 aliphatic carbocycles. The Morgan fingerprint density at radius 1 is 0.522 bits per heavy atom. The quantitative estimate of drug-likeness (QED) is 0.350. The van der Waals surface area contributed by atoms with Gasteiger partial charge in [0.15, 0.2) is 0 Å². The van der Waals surface area contributed by atoms with Crippen molar-refractivity contribution in [1.29, 1.82) is 0 Å². The third-order valence-electron chi connectivity index (χ3n) is 5.62. The van der Waals surface area contributed by atoms with E-state index in [1.165, 1.54) is 55.6 Å². The van der Waals surface area contributed by atoms with Gasteiger partial charge >= 0.3 is 21.7 Å². The zero-order chi connectivity index (χ0) is 17.8. The zero-order valence-electron chi connectivity index (χ0n) is 16.6. The first-order valence-electron chi connectivity index (χ1n) is 7.77. The maximum atomic E-state index is 4.39. The fourth-order valence-corrected chi connectivity index (χ4v) is 2.81. The fraction of sp³-hybridized carbons (Fsp3) is 0.476. The summed E-state index contributed by atoms with van der Waals surface area (Å²) < 4.78 is 0. The van der Waals surface area contributed by atoms with Crippen LogP contribution in [0, 0.1) is 75.6 Å². The number of rotatable bonds is 0. The minimum absolute atomic E-state index is 0. The first kappa shape index (κ1) is 25.0. The third kappa shape index (κ3) is 5.35. The smallest absolute Gasteiger partial charge is 0.352 e. The number of halogens is 1. The van der Waals surface area contributed by atoms with Gasteiger partial charge in [-0.25, -0.2) is 0 Å². The second kappa shape index (κ2) is 10.5. The maximum absolute atomic E-state index is 4.39. The van der Waals surface area contributed by atoms with E-state index < -0.39 is 0 Å². The first-order valence-corrected chi connectivity index (χ1v) is 8.30. The molecule has 0 unspecified atom stereocenters. The van der Waals surface area contributed by atoms with Gasteiger partial charge in [0, 0.05) is 0 Å². The molecule has 0 bridgehead atoms. The van der Waals surface area contributed by atoms with Crippen molar-refractivity contribution >= 4 is 11.6 Å². The number of hydrogen-bond acceptors (Lipinski definition) is 0. The summed E-state index contributed by atoms with van der Waals surface area (Å²) >= 11 is 4.39.